The Kier molecular flexibility index (Phi) is 7.30. The van der Waals surface area contributed by atoms with Crippen molar-refractivity contribution in [2.75, 3.05) is 51.4 Å². The Balaban J connectivity index is 1.26. The molecule has 0 saturated carbocycles. The molecule has 7 heteroatoms. The summed E-state index contributed by atoms with van der Waals surface area (Å²) in [7, 11) is 1.63. The molecule has 3 aromatic rings. The number of carbonyl (C=O) groups excluding carboxylic acids is 1. The van der Waals surface area contributed by atoms with Gasteiger partial charge in [-0.1, -0.05) is 54.6 Å². The summed E-state index contributed by atoms with van der Waals surface area (Å²) < 4.78 is 10.4. The zero-order chi connectivity index (χ0) is 22.2. The van der Waals surface area contributed by atoms with E-state index in [1.54, 1.807) is 7.11 Å². The number of anilines is 1. The zero-order valence-electron chi connectivity index (χ0n) is 18.3. The van der Waals surface area contributed by atoms with Gasteiger partial charge in [0, 0.05) is 39.4 Å². The monoisotopic (exact) mass is 432 g/mol. The van der Waals surface area contributed by atoms with Crippen molar-refractivity contribution in [3.63, 3.8) is 0 Å². The average Bonchev–Trinajstić information content (AvgIpc) is 2.86. The van der Waals surface area contributed by atoms with Crippen LogP contribution in [0.25, 0.3) is 11.1 Å². The maximum Gasteiger partial charge on any atom is 0.233 e. The van der Waals surface area contributed by atoms with Gasteiger partial charge < -0.3 is 19.3 Å². The lowest BCUT2D eigenvalue weighted by molar-refractivity contribution is -0.130. The molecule has 2 heterocycles. The lowest BCUT2D eigenvalue weighted by Crippen LogP contribution is -2.49. The lowest BCUT2D eigenvalue weighted by Gasteiger charge is -2.35. The number of nitrogens with zero attached hydrogens (tertiary/aromatic N) is 4. The van der Waals surface area contributed by atoms with Gasteiger partial charge in [-0.15, -0.1) is 10.2 Å². The summed E-state index contributed by atoms with van der Waals surface area (Å²) >= 11 is 0. The van der Waals surface area contributed by atoms with Gasteiger partial charge in [0.05, 0.1) is 13.0 Å². The molecule has 1 amide bonds. The van der Waals surface area contributed by atoms with Gasteiger partial charge in [-0.2, -0.15) is 0 Å². The highest BCUT2D eigenvalue weighted by Gasteiger charge is 2.22. The smallest absolute Gasteiger partial charge is 0.233 e. The fourth-order valence-corrected chi connectivity index (χ4v) is 3.71. The fourth-order valence-electron chi connectivity index (χ4n) is 3.71. The molecule has 0 aliphatic carbocycles. The van der Waals surface area contributed by atoms with Crippen molar-refractivity contribution in [3.8, 4) is 17.0 Å². The van der Waals surface area contributed by atoms with Crippen LogP contribution in [0, 0.1) is 0 Å². The zero-order valence-corrected chi connectivity index (χ0v) is 18.3. The third-order valence-corrected chi connectivity index (χ3v) is 5.54. The Morgan fingerprint density at radius 3 is 2.22 bits per heavy atom. The van der Waals surface area contributed by atoms with Crippen molar-refractivity contribution in [1.82, 2.24) is 15.1 Å². The molecule has 0 bridgehead atoms. The number of hydrogen-bond acceptors (Lipinski definition) is 6. The third-order valence-electron chi connectivity index (χ3n) is 5.54. The summed E-state index contributed by atoms with van der Waals surface area (Å²) in [6.45, 7) is 3.77. The van der Waals surface area contributed by atoms with E-state index in [0.29, 0.717) is 38.6 Å². The van der Waals surface area contributed by atoms with E-state index < -0.39 is 0 Å². The molecular formula is C25H28N4O3. The molecule has 0 radical (unpaired) electrons. The number of rotatable bonds is 8. The van der Waals surface area contributed by atoms with Gasteiger partial charge in [0.15, 0.2) is 5.82 Å². The number of methoxy groups -OCH3 is 1. The van der Waals surface area contributed by atoms with E-state index >= 15 is 0 Å². The van der Waals surface area contributed by atoms with Crippen LogP contribution in [0.5, 0.6) is 5.88 Å². The average molecular weight is 433 g/mol. The second kappa shape index (κ2) is 10.7. The Bertz CT molecular complexity index is 986. The molecule has 1 fully saturated rings. The molecule has 4 rings (SSSR count). The summed E-state index contributed by atoms with van der Waals surface area (Å²) in [5.41, 5.74) is 3.37. The molecule has 32 heavy (non-hydrogen) atoms. The van der Waals surface area contributed by atoms with Crippen molar-refractivity contribution in [2.24, 2.45) is 0 Å². The number of ether oxygens (including phenoxy) is 2. The summed E-state index contributed by atoms with van der Waals surface area (Å²) in [4.78, 5) is 16.9. The second-order valence-electron chi connectivity index (χ2n) is 7.68. The van der Waals surface area contributed by atoms with E-state index in [9.17, 15) is 4.79 Å². The molecule has 1 aliphatic rings. The summed E-state index contributed by atoms with van der Waals surface area (Å²) in [6.07, 6.45) is 0.419. The van der Waals surface area contributed by atoms with Crippen LogP contribution in [-0.4, -0.2) is 67.5 Å². The first-order valence-electron chi connectivity index (χ1n) is 10.9. The molecule has 0 N–H and O–H groups in total. The molecule has 2 aromatic carbocycles. The highest BCUT2D eigenvalue weighted by atomic mass is 16.5. The van der Waals surface area contributed by atoms with Crippen molar-refractivity contribution in [3.05, 3.63) is 72.3 Å². The van der Waals surface area contributed by atoms with E-state index in [0.717, 1.165) is 30.0 Å². The van der Waals surface area contributed by atoms with Gasteiger partial charge in [0.25, 0.3) is 0 Å². The Labute approximate surface area is 188 Å². The Hall–Kier alpha value is -3.45. The standard InChI is InChI=1S/C25H28N4O3/c1-31-17-18-32-24-12-11-23(26-27-24)28-13-15-29(16-14-28)25(30)19-20-7-9-22(10-8-20)21-5-3-2-4-6-21/h2-12H,13-19H2,1H3. The van der Waals surface area contributed by atoms with E-state index in [4.69, 9.17) is 9.47 Å². The van der Waals surface area contributed by atoms with E-state index in [-0.39, 0.29) is 5.91 Å². The molecule has 1 aliphatic heterocycles. The molecule has 1 aromatic heterocycles. The van der Waals surface area contributed by atoms with Crippen molar-refractivity contribution in [2.45, 2.75) is 6.42 Å². The quantitative estimate of drug-likeness (QED) is 0.510. The van der Waals surface area contributed by atoms with Gasteiger partial charge in [0.1, 0.15) is 6.61 Å². The summed E-state index contributed by atoms with van der Waals surface area (Å²) in [5, 5.41) is 8.37. The number of aromatic nitrogens is 2. The molecule has 0 spiro atoms. The number of amides is 1. The predicted octanol–water partition coefficient (Wildman–Crippen LogP) is 3.06. The van der Waals surface area contributed by atoms with Crippen molar-refractivity contribution < 1.29 is 14.3 Å². The van der Waals surface area contributed by atoms with Crippen LogP contribution < -0.4 is 9.64 Å². The Morgan fingerprint density at radius 1 is 0.844 bits per heavy atom. The highest BCUT2D eigenvalue weighted by Crippen LogP contribution is 2.20. The topological polar surface area (TPSA) is 67.8 Å². The minimum atomic E-state index is 0.157. The fraction of sp³-hybridized carbons (Fsp3) is 0.320. The van der Waals surface area contributed by atoms with Gasteiger partial charge >= 0.3 is 0 Å². The maximum atomic E-state index is 12.8. The molecule has 7 nitrogen and oxygen atoms in total. The first-order valence-corrected chi connectivity index (χ1v) is 10.9. The van der Waals surface area contributed by atoms with E-state index in [2.05, 4.69) is 39.4 Å². The van der Waals surface area contributed by atoms with Crippen LogP contribution in [0.15, 0.2) is 66.7 Å². The van der Waals surface area contributed by atoms with Crippen molar-refractivity contribution in [1.29, 1.82) is 0 Å². The first kappa shape index (κ1) is 21.8. The lowest BCUT2D eigenvalue weighted by atomic mass is 10.0. The van der Waals surface area contributed by atoms with Crippen LogP contribution in [0.1, 0.15) is 5.56 Å². The van der Waals surface area contributed by atoms with E-state index in [1.165, 1.54) is 5.56 Å². The number of carbonyl (C=O) groups is 1. The van der Waals surface area contributed by atoms with E-state index in [1.807, 2.05) is 47.4 Å². The van der Waals surface area contributed by atoms with Gasteiger partial charge in [-0.3, -0.25) is 4.79 Å². The first-order chi connectivity index (χ1) is 15.7. The molecule has 0 atom stereocenters. The number of benzene rings is 2. The normalized spacial score (nSPS) is 13.8. The molecule has 166 valence electrons. The Morgan fingerprint density at radius 2 is 1.56 bits per heavy atom. The van der Waals surface area contributed by atoms with Crippen molar-refractivity contribution >= 4 is 11.7 Å². The molecule has 0 unspecified atom stereocenters. The third kappa shape index (κ3) is 5.62. The van der Waals surface area contributed by atoms with Crippen LogP contribution in [0.2, 0.25) is 0 Å². The van der Waals surface area contributed by atoms with Crippen LogP contribution in [-0.2, 0) is 16.0 Å². The number of hydrogen-bond donors (Lipinski definition) is 0. The van der Waals surface area contributed by atoms with Crippen LogP contribution in [0.4, 0.5) is 5.82 Å². The van der Waals surface area contributed by atoms with Crippen LogP contribution >= 0.6 is 0 Å². The maximum absolute atomic E-state index is 12.8. The largest absolute Gasteiger partial charge is 0.474 e. The van der Waals surface area contributed by atoms with Gasteiger partial charge in [0.2, 0.25) is 11.8 Å². The molecular weight excluding hydrogens is 404 g/mol. The van der Waals surface area contributed by atoms with Gasteiger partial charge in [-0.25, -0.2) is 0 Å². The summed E-state index contributed by atoms with van der Waals surface area (Å²) in [6, 6.07) is 22.2. The van der Waals surface area contributed by atoms with Crippen LogP contribution in [0.3, 0.4) is 0 Å². The highest BCUT2D eigenvalue weighted by molar-refractivity contribution is 5.79. The molecule has 1 saturated heterocycles. The summed E-state index contributed by atoms with van der Waals surface area (Å²) in [5.74, 6) is 1.44. The second-order valence-corrected chi connectivity index (χ2v) is 7.68. The minimum absolute atomic E-state index is 0.157. The van der Waals surface area contributed by atoms with Gasteiger partial charge in [-0.05, 0) is 22.8 Å². The SMILES string of the molecule is COCCOc1ccc(N2CCN(C(=O)Cc3ccc(-c4ccccc4)cc3)CC2)nn1. The number of piperazine rings is 1. The predicted molar refractivity (Wildman–Crippen MR) is 124 cm³/mol. The minimum Gasteiger partial charge on any atom is -0.474 e.